The van der Waals surface area contributed by atoms with Gasteiger partial charge in [-0.25, -0.2) is 8.78 Å². The van der Waals surface area contributed by atoms with Crippen LogP contribution in [0.4, 0.5) is 8.78 Å². The summed E-state index contributed by atoms with van der Waals surface area (Å²) in [6, 6.07) is 5.34. The fourth-order valence-corrected chi connectivity index (χ4v) is 2.08. The summed E-state index contributed by atoms with van der Waals surface area (Å²) in [6.07, 6.45) is 2.32. The van der Waals surface area contributed by atoms with Gasteiger partial charge < -0.3 is 0 Å². The molecule has 0 unspecified atom stereocenters. The van der Waals surface area contributed by atoms with Crippen LogP contribution in [0.2, 0.25) is 0 Å². The lowest BCUT2D eigenvalue weighted by Gasteiger charge is -2.03. The number of carbonyl (C=O) groups excluding carboxylic acids is 1. The quantitative estimate of drug-likeness (QED) is 0.811. The molecule has 0 aliphatic carbocycles. The summed E-state index contributed by atoms with van der Waals surface area (Å²) in [5, 5.41) is 0. The molecule has 0 fully saturated rings. The summed E-state index contributed by atoms with van der Waals surface area (Å²) in [4.78, 5) is 15.4. The maximum Gasteiger partial charge on any atom is 0.168 e. The van der Waals surface area contributed by atoms with Crippen molar-refractivity contribution < 1.29 is 13.6 Å². The minimum atomic E-state index is -0.568. The first-order valence-electron chi connectivity index (χ1n) is 5.13. The Kier molecular flexibility index (Phi) is 3.81. The van der Waals surface area contributed by atoms with Gasteiger partial charge in [0.05, 0.1) is 6.20 Å². The molecule has 1 aromatic heterocycles. The van der Waals surface area contributed by atoms with E-state index in [0.29, 0.717) is 10.0 Å². The number of nitrogens with zero attached hydrogens (tertiary/aromatic N) is 1. The number of Topliss-reactive ketones (excluding diaryl/α,β-unsaturated/α-hetero) is 1. The zero-order valence-corrected chi connectivity index (χ0v) is 10.7. The summed E-state index contributed by atoms with van der Waals surface area (Å²) in [6.45, 7) is 0. The number of ketones is 1. The summed E-state index contributed by atoms with van der Waals surface area (Å²) in [7, 11) is 0. The van der Waals surface area contributed by atoms with E-state index < -0.39 is 11.6 Å². The molecule has 0 aliphatic rings. The van der Waals surface area contributed by atoms with Crippen molar-refractivity contribution in [2.75, 3.05) is 0 Å². The van der Waals surface area contributed by atoms with Gasteiger partial charge in [-0.1, -0.05) is 15.9 Å². The van der Waals surface area contributed by atoms with Crippen LogP contribution < -0.4 is 0 Å². The molecule has 0 spiro atoms. The highest BCUT2D eigenvalue weighted by atomic mass is 79.9. The fourth-order valence-electron chi connectivity index (χ4n) is 1.56. The van der Waals surface area contributed by atoms with Crippen molar-refractivity contribution in [2.24, 2.45) is 0 Å². The molecule has 0 radical (unpaired) electrons. The molecule has 0 bridgehead atoms. The van der Waals surface area contributed by atoms with E-state index in [4.69, 9.17) is 0 Å². The Balaban J connectivity index is 2.21. The van der Waals surface area contributed by atoms with Gasteiger partial charge in [0.1, 0.15) is 11.6 Å². The minimum absolute atomic E-state index is 0.00148. The maximum absolute atomic E-state index is 13.1. The third-order valence-electron chi connectivity index (χ3n) is 2.31. The summed E-state index contributed by atoms with van der Waals surface area (Å²) < 4.78 is 26.6. The first kappa shape index (κ1) is 12.8. The average molecular weight is 312 g/mol. The Bertz CT molecular complexity index is 581. The molecule has 2 rings (SSSR count). The number of aromatic nitrogens is 1. The molecule has 0 aliphatic heterocycles. The van der Waals surface area contributed by atoms with Crippen molar-refractivity contribution in [1.82, 2.24) is 4.98 Å². The average Bonchev–Trinajstić information content (AvgIpc) is 2.27. The smallest absolute Gasteiger partial charge is 0.168 e. The van der Waals surface area contributed by atoms with Crippen LogP contribution >= 0.6 is 15.9 Å². The molecule has 0 amide bonds. The van der Waals surface area contributed by atoms with Crippen LogP contribution in [-0.4, -0.2) is 10.8 Å². The largest absolute Gasteiger partial charge is 0.294 e. The van der Waals surface area contributed by atoms with E-state index in [2.05, 4.69) is 20.9 Å². The van der Waals surface area contributed by atoms with Gasteiger partial charge in [-0.3, -0.25) is 9.78 Å². The van der Waals surface area contributed by atoms with Crippen LogP contribution in [0.5, 0.6) is 0 Å². The van der Waals surface area contributed by atoms with E-state index in [-0.39, 0.29) is 17.8 Å². The zero-order valence-electron chi connectivity index (χ0n) is 9.16. The van der Waals surface area contributed by atoms with E-state index in [9.17, 15) is 13.6 Å². The third-order valence-corrected chi connectivity index (χ3v) is 2.77. The molecule has 0 saturated heterocycles. The van der Waals surface area contributed by atoms with Crippen molar-refractivity contribution in [3.05, 3.63) is 63.9 Å². The maximum atomic E-state index is 13.1. The molecular weight excluding hydrogens is 304 g/mol. The van der Waals surface area contributed by atoms with Crippen LogP contribution in [0.25, 0.3) is 0 Å². The highest BCUT2D eigenvalue weighted by Gasteiger charge is 2.10. The Labute approximate surface area is 111 Å². The summed E-state index contributed by atoms with van der Waals surface area (Å²) in [5.74, 6) is -1.30. The van der Waals surface area contributed by atoms with Gasteiger partial charge in [0.2, 0.25) is 0 Å². The van der Waals surface area contributed by atoms with E-state index in [1.807, 2.05) is 0 Å². The highest BCUT2D eigenvalue weighted by molar-refractivity contribution is 9.10. The van der Waals surface area contributed by atoms with Crippen molar-refractivity contribution in [3.8, 4) is 0 Å². The number of carbonyl (C=O) groups is 1. The number of hydrogen-bond donors (Lipinski definition) is 0. The highest BCUT2D eigenvalue weighted by Crippen LogP contribution is 2.16. The van der Waals surface area contributed by atoms with Crippen molar-refractivity contribution in [1.29, 1.82) is 0 Å². The Hall–Kier alpha value is -1.62. The SMILES string of the molecule is O=C(Cc1cc(F)cc(Br)c1)c1cncc(F)c1. The summed E-state index contributed by atoms with van der Waals surface area (Å²) in [5.41, 5.74) is 0.700. The number of rotatable bonds is 3. The van der Waals surface area contributed by atoms with Crippen LogP contribution in [0.15, 0.2) is 41.1 Å². The van der Waals surface area contributed by atoms with Gasteiger partial charge in [0.15, 0.2) is 5.78 Å². The van der Waals surface area contributed by atoms with Gasteiger partial charge in [-0.15, -0.1) is 0 Å². The van der Waals surface area contributed by atoms with Crippen molar-refractivity contribution in [3.63, 3.8) is 0 Å². The molecule has 18 heavy (non-hydrogen) atoms. The van der Waals surface area contributed by atoms with Gasteiger partial charge in [-0.05, 0) is 29.8 Å². The van der Waals surface area contributed by atoms with Crippen LogP contribution in [0.1, 0.15) is 15.9 Å². The molecule has 5 heteroatoms. The molecule has 1 aromatic carbocycles. The Morgan fingerprint density at radius 1 is 1.11 bits per heavy atom. The minimum Gasteiger partial charge on any atom is -0.294 e. The van der Waals surface area contributed by atoms with E-state index in [1.165, 1.54) is 18.3 Å². The van der Waals surface area contributed by atoms with E-state index in [0.717, 1.165) is 12.3 Å². The molecule has 0 atom stereocenters. The fraction of sp³-hybridized carbons (Fsp3) is 0.0769. The van der Waals surface area contributed by atoms with E-state index in [1.54, 1.807) is 6.07 Å². The third kappa shape index (κ3) is 3.20. The van der Waals surface area contributed by atoms with Crippen molar-refractivity contribution in [2.45, 2.75) is 6.42 Å². The van der Waals surface area contributed by atoms with Gasteiger partial charge >= 0.3 is 0 Å². The lowest BCUT2D eigenvalue weighted by atomic mass is 10.0. The lowest BCUT2D eigenvalue weighted by molar-refractivity contribution is 0.0992. The summed E-state index contributed by atoms with van der Waals surface area (Å²) >= 11 is 3.15. The Morgan fingerprint density at radius 2 is 1.89 bits per heavy atom. The molecular formula is C13H8BrF2NO. The monoisotopic (exact) mass is 311 g/mol. The number of benzene rings is 1. The second-order valence-electron chi connectivity index (χ2n) is 3.77. The lowest BCUT2D eigenvalue weighted by Crippen LogP contribution is -2.05. The first-order valence-corrected chi connectivity index (χ1v) is 5.92. The van der Waals surface area contributed by atoms with Crippen LogP contribution in [0, 0.1) is 11.6 Å². The van der Waals surface area contributed by atoms with Crippen LogP contribution in [0.3, 0.4) is 0 Å². The van der Waals surface area contributed by atoms with Gasteiger partial charge in [0.25, 0.3) is 0 Å². The van der Waals surface area contributed by atoms with E-state index >= 15 is 0 Å². The molecule has 2 aromatic rings. The first-order chi connectivity index (χ1) is 8.54. The normalized spacial score (nSPS) is 10.4. The number of hydrogen-bond acceptors (Lipinski definition) is 2. The standard InChI is InChI=1S/C13H8BrF2NO/c14-10-1-8(2-11(15)5-10)3-13(18)9-4-12(16)7-17-6-9/h1-2,4-7H,3H2. The molecule has 1 heterocycles. The molecule has 0 N–H and O–H groups in total. The molecule has 2 nitrogen and oxygen atoms in total. The van der Waals surface area contributed by atoms with Crippen LogP contribution in [-0.2, 0) is 6.42 Å². The van der Waals surface area contributed by atoms with Gasteiger partial charge in [0, 0.05) is 22.7 Å². The van der Waals surface area contributed by atoms with Crippen molar-refractivity contribution >= 4 is 21.7 Å². The second kappa shape index (κ2) is 5.35. The number of pyridine rings is 1. The predicted octanol–water partition coefficient (Wildman–Crippen LogP) is 3.55. The molecule has 0 saturated carbocycles. The van der Waals surface area contributed by atoms with Gasteiger partial charge in [-0.2, -0.15) is 0 Å². The predicted molar refractivity (Wildman–Crippen MR) is 66.3 cm³/mol. The second-order valence-corrected chi connectivity index (χ2v) is 4.69. The zero-order chi connectivity index (χ0) is 13.1. The molecule has 92 valence electrons. The number of halogens is 3. The Morgan fingerprint density at radius 3 is 2.56 bits per heavy atom. The topological polar surface area (TPSA) is 30.0 Å².